The quantitative estimate of drug-likeness (QED) is 0.330. The lowest BCUT2D eigenvalue weighted by molar-refractivity contribution is -0.321. The highest BCUT2D eigenvalue weighted by Gasteiger charge is 2.55. The van der Waals surface area contributed by atoms with Gasteiger partial charge in [0, 0.05) is 13.5 Å². The van der Waals surface area contributed by atoms with Gasteiger partial charge in [0.15, 0.2) is 0 Å². The van der Waals surface area contributed by atoms with Crippen LogP contribution in [0, 0.1) is 0 Å². The maximum Gasteiger partial charge on any atom is 0.366 e. The number of methoxy groups -OCH3 is 2. The molecular formula is C11H20O9. The monoisotopic (exact) mass is 296 g/mol. The number of esters is 1. The minimum atomic E-state index is -2.01. The summed E-state index contributed by atoms with van der Waals surface area (Å²) >= 11 is 0. The Morgan fingerprint density at radius 2 is 2.00 bits per heavy atom. The van der Waals surface area contributed by atoms with Gasteiger partial charge < -0.3 is 39.7 Å². The minimum Gasteiger partial charge on any atom is -0.465 e. The van der Waals surface area contributed by atoms with Crippen molar-refractivity contribution in [2.75, 3.05) is 20.8 Å². The summed E-state index contributed by atoms with van der Waals surface area (Å²) in [5.74, 6) is -2.96. The van der Waals surface area contributed by atoms with Crippen LogP contribution in [-0.4, -0.2) is 88.6 Å². The number of aliphatic hydroxyl groups is 5. The second-order valence-electron chi connectivity index (χ2n) is 4.53. The topological polar surface area (TPSA) is 146 Å². The average Bonchev–Trinajstić information content (AvgIpc) is 2.47. The van der Waals surface area contributed by atoms with Gasteiger partial charge in [-0.15, -0.1) is 0 Å². The Bertz CT molecular complexity index is 336. The van der Waals surface area contributed by atoms with Gasteiger partial charge in [-0.25, -0.2) is 4.79 Å². The molecule has 0 aromatic heterocycles. The van der Waals surface area contributed by atoms with Crippen molar-refractivity contribution in [1.82, 2.24) is 0 Å². The number of carbonyl (C=O) groups excluding carboxylic acids is 1. The largest absolute Gasteiger partial charge is 0.465 e. The smallest absolute Gasteiger partial charge is 0.366 e. The molecule has 0 aromatic carbocycles. The Morgan fingerprint density at radius 1 is 1.40 bits per heavy atom. The Kier molecular flexibility index (Phi) is 5.83. The van der Waals surface area contributed by atoms with Gasteiger partial charge in [-0.2, -0.15) is 0 Å². The van der Waals surface area contributed by atoms with Gasteiger partial charge in [0.05, 0.1) is 19.8 Å². The summed E-state index contributed by atoms with van der Waals surface area (Å²) in [4.78, 5) is 11.7. The molecule has 20 heavy (non-hydrogen) atoms. The third-order valence-corrected chi connectivity index (χ3v) is 3.28. The van der Waals surface area contributed by atoms with Gasteiger partial charge in [-0.1, -0.05) is 0 Å². The first-order valence-corrected chi connectivity index (χ1v) is 5.97. The highest BCUT2D eigenvalue weighted by Crippen LogP contribution is 2.33. The predicted octanol–water partition coefficient (Wildman–Crippen LogP) is -3.27. The van der Waals surface area contributed by atoms with Gasteiger partial charge >= 0.3 is 5.97 Å². The van der Waals surface area contributed by atoms with Crippen LogP contribution in [0.1, 0.15) is 6.42 Å². The van der Waals surface area contributed by atoms with Crippen molar-refractivity contribution in [1.29, 1.82) is 0 Å². The highest BCUT2D eigenvalue weighted by molar-refractivity contribution is 5.78. The van der Waals surface area contributed by atoms with Gasteiger partial charge in [-0.3, -0.25) is 0 Å². The number of hydrogen-bond acceptors (Lipinski definition) is 9. The summed E-state index contributed by atoms with van der Waals surface area (Å²) in [6, 6.07) is 0. The fraction of sp³-hybridized carbons (Fsp3) is 0.909. The number of rotatable bonds is 5. The van der Waals surface area contributed by atoms with E-state index in [1.54, 1.807) is 0 Å². The molecule has 0 saturated carbocycles. The molecule has 9 nitrogen and oxygen atoms in total. The van der Waals surface area contributed by atoms with Crippen LogP contribution in [0.3, 0.4) is 0 Å². The van der Waals surface area contributed by atoms with Crippen LogP contribution in [-0.2, 0) is 19.0 Å². The third kappa shape index (κ3) is 3.09. The van der Waals surface area contributed by atoms with E-state index in [9.17, 15) is 25.2 Å². The lowest BCUT2D eigenvalue weighted by Crippen LogP contribution is -2.63. The summed E-state index contributed by atoms with van der Waals surface area (Å²) in [6.07, 6.45) is -8.32. The molecule has 6 atom stereocenters. The first-order valence-electron chi connectivity index (χ1n) is 5.97. The van der Waals surface area contributed by atoms with E-state index in [2.05, 4.69) is 4.74 Å². The Hall–Kier alpha value is -0.810. The lowest BCUT2D eigenvalue weighted by Gasteiger charge is -2.44. The molecule has 1 aliphatic heterocycles. The first-order chi connectivity index (χ1) is 9.32. The van der Waals surface area contributed by atoms with Crippen LogP contribution in [0.5, 0.6) is 0 Å². The minimum absolute atomic E-state index is 0.407. The van der Waals surface area contributed by atoms with Crippen molar-refractivity contribution in [3.63, 3.8) is 0 Å². The van der Waals surface area contributed by atoms with Crippen molar-refractivity contribution in [3.05, 3.63) is 0 Å². The molecule has 1 heterocycles. The fourth-order valence-corrected chi connectivity index (χ4v) is 2.05. The van der Waals surface area contributed by atoms with E-state index in [4.69, 9.17) is 14.6 Å². The van der Waals surface area contributed by atoms with E-state index in [0.717, 1.165) is 14.2 Å². The standard InChI is InChI=1S/C11H20O9/c1-18-10(17)11(19-2)3-5(13)7(15)9(20-11)8(16)6(14)4-12/h5-9,12-16H,3-4H2,1-2H3/t5-,6-,7-,8-,9-,11+/m1/s1. The molecule has 0 spiro atoms. The van der Waals surface area contributed by atoms with Crippen LogP contribution >= 0.6 is 0 Å². The Labute approximate surface area is 115 Å². The van der Waals surface area contributed by atoms with Crippen LogP contribution in [0.25, 0.3) is 0 Å². The molecule has 0 unspecified atom stereocenters. The summed E-state index contributed by atoms with van der Waals surface area (Å²) in [7, 11) is 2.21. The van der Waals surface area contributed by atoms with Gasteiger partial charge in [0.25, 0.3) is 5.79 Å². The third-order valence-electron chi connectivity index (χ3n) is 3.28. The molecule has 1 aliphatic rings. The van der Waals surface area contributed by atoms with Crippen molar-refractivity contribution >= 4 is 5.97 Å². The summed E-state index contributed by atoms with van der Waals surface area (Å²) in [5.41, 5.74) is 0. The van der Waals surface area contributed by atoms with Crippen LogP contribution in [0.2, 0.25) is 0 Å². The molecule has 0 aromatic rings. The Balaban J connectivity index is 3.02. The molecule has 118 valence electrons. The van der Waals surface area contributed by atoms with E-state index < -0.39 is 55.3 Å². The van der Waals surface area contributed by atoms with E-state index in [-0.39, 0.29) is 0 Å². The average molecular weight is 296 g/mol. The van der Waals surface area contributed by atoms with E-state index in [1.807, 2.05) is 0 Å². The highest BCUT2D eigenvalue weighted by atomic mass is 16.7. The van der Waals surface area contributed by atoms with Crippen LogP contribution in [0.15, 0.2) is 0 Å². The van der Waals surface area contributed by atoms with Gasteiger partial charge in [0.1, 0.15) is 24.4 Å². The predicted molar refractivity (Wildman–Crippen MR) is 62.4 cm³/mol. The first kappa shape index (κ1) is 17.2. The number of carbonyl (C=O) groups is 1. The Morgan fingerprint density at radius 3 is 2.45 bits per heavy atom. The molecule has 0 bridgehead atoms. The summed E-state index contributed by atoms with van der Waals surface area (Å²) in [6.45, 7) is -0.790. The number of aliphatic hydroxyl groups excluding tert-OH is 5. The van der Waals surface area contributed by atoms with E-state index in [0.29, 0.717) is 0 Å². The zero-order valence-corrected chi connectivity index (χ0v) is 11.2. The van der Waals surface area contributed by atoms with Crippen LogP contribution < -0.4 is 0 Å². The van der Waals surface area contributed by atoms with Gasteiger partial charge in [0.2, 0.25) is 0 Å². The summed E-state index contributed by atoms with van der Waals surface area (Å²) in [5, 5.41) is 47.6. The molecule has 9 heteroatoms. The normalized spacial score (nSPS) is 37.2. The lowest BCUT2D eigenvalue weighted by atomic mass is 9.91. The van der Waals surface area contributed by atoms with Crippen molar-refractivity contribution in [3.8, 4) is 0 Å². The molecule has 5 N–H and O–H groups in total. The maximum atomic E-state index is 11.7. The molecule has 1 saturated heterocycles. The van der Waals surface area contributed by atoms with Gasteiger partial charge in [-0.05, 0) is 0 Å². The second kappa shape index (κ2) is 6.76. The van der Waals surface area contributed by atoms with E-state index in [1.165, 1.54) is 0 Å². The van der Waals surface area contributed by atoms with E-state index >= 15 is 0 Å². The molecule has 0 aliphatic carbocycles. The number of hydrogen-bond donors (Lipinski definition) is 5. The van der Waals surface area contributed by atoms with Crippen molar-refractivity contribution in [2.45, 2.75) is 42.7 Å². The molecule has 0 amide bonds. The van der Waals surface area contributed by atoms with Crippen molar-refractivity contribution in [2.24, 2.45) is 0 Å². The SMILES string of the molecule is COC(=O)[C@]1(OC)C[C@@H](O)[C@@H](O)[C@H]([C@H](O)[C@H](O)CO)O1. The van der Waals surface area contributed by atoms with Crippen molar-refractivity contribution < 1.29 is 44.5 Å². The second-order valence-corrected chi connectivity index (χ2v) is 4.53. The maximum absolute atomic E-state index is 11.7. The number of ether oxygens (including phenoxy) is 3. The molecule has 1 rings (SSSR count). The molecule has 0 radical (unpaired) electrons. The summed E-state index contributed by atoms with van der Waals surface area (Å²) < 4.78 is 14.6. The van der Waals surface area contributed by atoms with Crippen LogP contribution in [0.4, 0.5) is 0 Å². The zero-order valence-electron chi connectivity index (χ0n) is 11.2. The molecule has 1 fully saturated rings. The zero-order chi connectivity index (χ0) is 15.5. The molecular weight excluding hydrogens is 276 g/mol. The fourth-order valence-electron chi connectivity index (χ4n) is 2.05.